The molecule has 0 radical (unpaired) electrons. The molecule has 1 fully saturated rings. The zero-order valence-electron chi connectivity index (χ0n) is 7.86. The summed E-state index contributed by atoms with van der Waals surface area (Å²) in [5.41, 5.74) is 0. The molecular weight excluding hydrogens is 188 g/mol. The molecule has 1 aliphatic rings. The maximum atomic E-state index is 10.9. The number of methoxy groups -OCH3 is 1. The van der Waals surface area contributed by atoms with Crippen molar-refractivity contribution in [3.05, 3.63) is 0 Å². The number of hydrogen-bond acceptors (Lipinski definition) is 4. The Morgan fingerprint density at radius 2 is 2.14 bits per heavy atom. The van der Waals surface area contributed by atoms with Crippen LogP contribution in [0.1, 0.15) is 19.3 Å². The van der Waals surface area contributed by atoms with E-state index in [1.165, 1.54) is 7.11 Å². The molecule has 0 spiro atoms. The first-order valence-electron chi connectivity index (χ1n) is 4.36. The third-order valence-electron chi connectivity index (χ3n) is 2.48. The first kappa shape index (κ1) is 10.7. The van der Waals surface area contributed by atoms with Crippen LogP contribution in [0.25, 0.3) is 0 Å². The minimum Gasteiger partial charge on any atom is -0.481 e. The van der Waals surface area contributed by atoms with Gasteiger partial charge in [-0.25, -0.2) is 0 Å². The summed E-state index contributed by atoms with van der Waals surface area (Å²) in [5.74, 6) is -2.49. The number of carbonyl (C=O) groups is 3. The van der Waals surface area contributed by atoms with Gasteiger partial charge >= 0.3 is 11.9 Å². The summed E-state index contributed by atoms with van der Waals surface area (Å²) in [6.45, 7) is 0. The second-order valence-corrected chi connectivity index (χ2v) is 3.43. The summed E-state index contributed by atoms with van der Waals surface area (Å²) in [6.07, 6.45) is 0.395. The van der Waals surface area contributed by atoms with Gasteiger partial charge in [-0.15, -0.1) is 0 Å². The summed E-state index contributed by atoms with van der Waals surface area (Å²) in [5, 5.41) is 8.82. The van der Waals surface area contributed by atoms with E-state index in [2.05, 4.69) is 4.74 Å². The molecule has 1 unspecified atom stereocenters. The monoisotopic (exact) mass is 200 g/mol. The molecule has 14 heavy (non-hydrogen) atoms. The van der Waals surface area contributed by atoms with Gasteiger partial charge in [-0.3, -0.25) is 14.4 Å². The van der Waals surface area contributed by atoms with Crippen LogP contribution in [0, 0.1) is 11.8 Å². The standard InChI is InChI=1S/C9H12O5/c1-14-8(11)4-7(9(12)13)5-2-6(10)3-5/h5,7H,2-4H2,1H3,(H,12,13). The number of ether oxygens (including phenoxy) is 1. The number of Topliss-reactive ketones (excluding diaryl/α,β-unsaturated/α-hetero) is 1. The van der Waals surface area contributed by atoms with Crippen molar-refractivity contribution >= 4 is 17.7 Å². The Bertz CT molecular complexity index is 262. The van der Waals surface area contributed by atoms with Gasteiger partial charge in [-0.05, 0) is 5.92 Å². The molecule has 0 aromatic heterocycles. The molecule has 1 atom stereocenters. The number of esters is 1. The van der Waals surface area contributed by atoms with Gasteiger partial charge in [0.2, 0.25) is 0 Å². The van der Waals surface area contributed by atoms with E-state index >= 15 is 0 Å². The lowest BCUT2D eigenvalue weighted by Gasteiger charge is -2.29. The van der Waals surface area contributed by atoms with Gasteiger partial charge in [0, 0.05) is 12.8 Å². The van der Waals surface area contributed by atoms with Crippen molar-refractivity contribution in [1.82, 2.24) is 0 Å². The predicted molar refractivity (Wildman–Crippen MR) is 45.5 cm³/mol. The van der Waals surface area contributed by atoms with Crippen LogP contribution >= 0.6 is 0 Å². The maximum absolute atomic E-state index is 10.9. The molecule has 0 saturated heterocycles. The van der Waals surface area contributed by atoms with Gasteiger partial charge in [0.15, 0.2) is 0 Å². The topological polar surface area (TPSA) is 80.7 Å². The fourth-order valence-electron chi connectivity index (χ4n) is 1.53. The van der Waals surface area contributed by atoms with Crippen molar-refractivity contribution in [2.45, 2.75) is 19.3 Å². The molecule has 0 bridgehead atoms. The van der Waals surface area contributed by atoms with Crippen LogP contribution in [0.5, 0.6) is 0 Å². The Morgan fingerprint density at radius 3 is 2.50 bits per heavy atom. The minimum atomic E-state index is -1.03. The number of carbonyl (C=O) groups excluding carboxylic acids is 2. The van der Waals surface area contributed by atoms with Crippen molar-refractivity contribution in [1.29, 1.82) is 0 Å². The summed E-state index contributed by atoms with van der Waals surface area (Å²) in [6, 6.07) is 0. The molecule has 1 N–H and O–H groups in total. The zero-order chi connectivity index (χ0) is 10.7. The highest BCUT2D eigenvalue weighted by molar-refractivity contribution is 5.88. The maximum Gasteiger partial charge on any atom is 0.307 e. The van der Waals surface area contributed by atoms with Crippen molar-refractivity contribution in [2.24, 2.45) is 11.8 Å². The molecule has 1 aliphatic carbocycles. The third kappa shape index (κ3) is 2.31. The van der Waals surface area contributed by atoms with Gasteiger partial charge in [0.25, 0.3) is 0 Å². The van der Waals surface area contributed by atoms with Gasteiger partial charge in [-0.1, -0.05) is 0 Å². The van der Waals surface area contributed by atoms with Gasteiger partial charge in [-0.2, -0.15) is 0 Å². The fourth-order valence-corrected chi connectivity index (χ4v) is 1.53. The number of carboxylic acid groups (broad SMARTS) is 1. The lowest BCUT2D eigenvalue weighted by atomic mass is 9.73. The number of carboxylic acids is 1. The molecule has 0 aliphatic heterocycles. The van der Waals surface area contributed by atoms with Crippen LogP contribution < -0.4 is 0 Å². The van der Waals surface area contributed by atoms with Crippen LogP contribution in [0.4, 0.5) is 0 Å². The Balaban J connectivity index is 2.52. The van der Waals surface area contributed by atoms with Crippen molar-refractivity contribution < 1.29 is 24.2 Å². The highest BCUT2D eigenvalue weighted by atomic mass is 16.5. The molecule has 1 saturated carbocycles. The Kier molecular flexibility index (Phi) is 3.22. The first-order valence-corrected chi connectivity index (χ1v) is 4.36. The Labute approximate surface area is 81.0 Å². The van der Waals surface area contributed by atoms with Gasteiger partial charge in [0.1, 0.15) is 5.78 Å². The average Bonchev–Trinajstić information content (AvgIpc) is 2.08. The Hall–Kier alpha value is -1.39. The summed E-state index contributed by atoms with van der Waals surface area (Å²) in [4.78, 5) is 32.3. The van der Waals surface area contributed by atoms with Crippen molar-refractivity contribution in [3.63, 3.8) is 0 Å². The normalized spacial score (nSPS) is 18.5. The largest absolute Gasteiger partial charge is 0.481 e. The smallest absolute Gasteiger partial charge is 0.307 e. The molecule has 0 aromatic carbocycles. The first-order chi connectivity index (χ1) is 6.54. The molecule has 5 heteroatoms. The van der Waals surface area contributed by atoms with E-state index < -0.39 is 17.9 Å². The molecule has 0 aromatic rings. The second kappa shape index (κ2) is 4.21. The SMILES string of the molecule is COC(=O)CC(C(=O)O)C1CC(=O)C1. The number of aliphatic carboxylic acids is 1. The lowest BCUT2D eigenvalue weighted by Crippen LogP contribution is -2.36. The summed E-state index contributed by atoms with van der Waals surface area (Å²) >= 11 is 0. The molecule has 0 heterocycles. The van der Waals surface area contributed by atoms with Gasteiger partial charge < -0.3 is 9.84 Å². The van der Waals surface area contributed by atoms with E-state index in [1.54, 1.807) is 0 Å². The average molecular weight is 200 g/mol. The molecule has 0 amide bonds. The lowest BCUT2D eigenvalue weighted by molar-refractivity contribution is -0.154. The number of ketones is 1. The zero-order valence-corrected chi connectivity index (χ0v) is 7.86. The molecule has 1 rings (SSSR count). The minimum absolute atomic E-state index is 0.0612. The van der Waals surface area contributed by atoms with Crippen LogP contribution in [0.2, 0.25) is 0 Å². The molecule has 78 valence electrons. The highest BCUT2D eigenvalue weighted by Gasteiger charge is 2.38. The van der Waals surface area contributed by atoms with Crippen LogP contribution in [-0.2, 0) is 19.1 Å². The van der Waals surface area contributed by atoms with E-state index in [0.29, 0.717) is 0 Å². The van der Waals surface area contributed by atoms with E-state index in [4.69, 9.17) is 5.11 Å². The van der Waals surface area contributed by atoms with E-state index in [9.17, 15) is 14.4 Å². The van der Waals surface area contributed by atoms with Gasteiger partial charge in [0.05, 0.1) is 19.4 Å². The fraction of sp³-hybridized carbons (Fsp3) is 0.667. The van der Waals surface area contributed by atoms with E-state index in [1.807, 2.05) is 0 Å². The van der Waals surface area contributed by atoms with Crippen molar-refractivity contribution in [2.75, 3.05) is 7.11 Å². The quantitative estimate of drug-likeness (QED) is 0.657. The highest BCUT2D eigenvalue weighted by Crippen LogP contribution is 2.32. The summed E-state index contributed by atoms with van der Waals surface area (Å²) in [7, 11) is 1.22. The Morgan fingerprint density at radius 1 is 1.57 bits per heavy atom. The second-order valence-electron chi connectivity index (χ2n) is 3.43. The van der Waals surface area contributed by atoms with Crippen molar-refractivity contribution in [3.8, 4) is 0 Å². The molecule has 5 nitrogen and oxygen atoms in total. The van der Waals surface area contributed by atoms with E-state index in [0.717, 1.165) is 0 Å². The number of hydrogen-bond donors (Lipinski definition) is 1. The van der Waals surface area contributed by atoms with Crippen LogP contribution in [0.3, 0.4) is 0 Å². The summed E-state index contributed by atoms with van der Waals surface area (Å²) < 4.78 is 4.39. The van der Waals surface area contributed by atoms with E-state index in [-0.39, 0.29) is 31.0 Å². The van der Waals surface area contributed by atoms with Crippen LogP contribution in [-0.4, -0.2) is 29.9 Å². The molecular formula is C9H12O5. The van der Waals surface area contributed by atoms with Crippen LogP contribution in [0.15, 0.2) is 0 Å². The predicted octanol–water partition coefficient (Wildman–Crippen LogP) is 0.229. The number of rotatable bonds is 4. The third-order valence-corrected chi connectivity index (χ3v) is 2.48.